The topological polar surface area (TPSA) is 88.9 Å². The Bertz CT molecular complexity index is 876. The zero-order valence-corrected chi connectivity index (χ0v) is 18.8. The van der Waals surface area contributed by atoms with E-state index in [1.807, 2.05) is 43.5 Å². The molecule has 0 radical (unpaired) electrons. The predicted molar refractivity (Wildman–Crippen MR) is 118 cm³/mol. The molecule has 1 fully saturated rings. The summed E-state index contributed by atoms with van der Waals surface area (Å²) in [5.74, 6) is 0.907. The van der Waals surface area contributed by atoms with E-state index in [0.717, 1.165) is 18.4 Å². The van der Waals surface area contributed by atoms with Crippen LogP contribution >= 0.6 is 11.8 Å². The Labute approximate surface area is 182 Å². The van der Waals surface area contributed by atoms with Crippen LogP contribution in [0.2, 0.25) is 0 Å². The van der Waals surface area contributed by atoms with Crippen molar-refractivity contribution in [2.75, 3.05) is 5.75 Å². The van der Waals surface area contributed by atoms with Crippen molar-refractivity contribution in [3.05, 3.63) is 41.2 Å². The molecule has 162 valence electrons. The molecule has 0 bridgehead atoms. The molecule has 1 atom stereocenters. The number of hydrogen-bond donors (Lipinski definition) is 2. The standard InChI is InChI=1S/C22H31N5O2S/c1-4-27-20(16(3)23-21(29)17-10-8-9-15(2)13-17)25-26-22(27)30-14-19(28)24-18-11-6-5-7-12-18/h8-10,13,16,18H,4-7,11-12,14H2,1-3H3,(H,23,29)(H,24,28)/t16-/m1/s1. The summed E-state index contributed by atoms with van der Waals surface area (Å²) in [5, 5.41) is 15.4. The molecule has 1 aromatic carbocycles. The maximum Gasteiger partial charge on any atom is 0.251 e. The minimum atomic E-state index is -0.295. The van der Waals surface area contributed by atoms with Gasteiger partial charge in [-0.25, -0.2) is 0 Å². The number of nitrogens with one attached hydrogen (secondary N) is 2. The van der Waals surface area contributed by atoms with Crippen molar-refractivity contribution in [1.82, 2.24) is 25.4 Å². The Kier molecular flexibility index (Phi) is 7.90. The van der Waals surface area contributed by atoms with E-state index in [1.54, 1.807) is 6.07 Å². The highest BCUT2D eigenvalue weighted by Gasteiger charge is 2.21. The highest BCUT2D eigenvalue weighted by atomic mass is 32.2. The van der Waals surface area contributed by atoms with Crippen molar-refractivity contribution in [2.24, 2.45) is 0 Å². The SMILES string of the molecule is CCn1c(SCC(=O)NC2CCCCC2)nnc1[C@@H](C)NC(=O)c1cccc(C)c1. The van der Waals surface area contributed by atoms with Gasteiger partial charge in [-0.2, -0.15) is 0 Å². The van der Waals surface area contributed by atoms with Crippen LogP contribution in [0.3, 0.4) is 0 Å². The lowest BCUT2D eigenvalue weighted by Gasteiger charge is -2.22. The fourth-order valence-corrected chi connectivity index (χ4v) is 4.62. The number of rotatable bonds is 8. The van der Waals surface area contributed by atoms with E-state index >= 15 is 0 Å². The normalized spacial score (nSPS) is 15.6. The molecule has 0 saturated heterocycles. The maximum absolute atomic E-state index is 12.6. The summed E-state index contributed by atoms with van der Waals surface area (Å²) in [5.41, 5.74) is 1.66. The molecule has 7 nitrogen and oxygen atoms in total. The third kappa shape index (κ3) is 5.84. The second-order valence-electron chi connectivity index (χ2n) is 7.84. The molecule has 8 heteroatoms. The van der Waals surface area contributed by atoms with E-state index in [-0.39, 0.29) is 17.9 Å². The first kappa shape index (κ1) is 22.3. The number of hydrogen-bond acceptors (Lipinski definition) is 5. The van der Waals surface area contributed by atoms with E-state index in [0.29, 0.717) is 34.9 Å². The Morgan fingerprint density at radius 1 is 1.23 bits per heavy atom. The molecule has 1 aliphatic rings. The lowest BCUT2D eigenvalue weighted by Crippen LogP contribution is -2.37. The molecular formula is C22H31N5O2S. The number of aromatic nitrogens is 3. The molecule has 1 aromatic heterocycles. The summed E-state index contributed by atoms with van der Waals surface area (Å²) < 4.78 is 1.96. The van der Waals surface area contributed by atoms with Gasteiger partial charge in [0.25, 0.3) is 5.91 Å². The number of carbonyl (C=O) groups is 2. The third-order valence-electron chi connectivity index (χ3n) is 5.38. The van der Waals surface area contributed by atoms with E-state index < -0.39 is 0 Å². The lowest BCUT2D eigenvalue weighted by molar-refractivity contribution is -0.119. The number of carbonyl (C=O) groups excluding carboxylic acids is 2. The van der Waals surface area contributed by atoms with Crippen LogP contribution in [0.5, 0.6) is 0 Å². The molecule has 2 N–H and O–H groups in total. The van der Waals surface area contributed by atoms with Crippen molar-refractivity contribution in [3.63, 3.8) is 0 Å². The van der Waals surface area contributed by atoms with Gasteiger partial charge in [0.2, 0.25) is 5.91 Å². The Morgan fingerprint density at radius 3 is 2.70 bits per heavy atom. The first-order valence-electron chi connectivity index (χ1n) is 10.7. The number of nitrogens with zero attached hydrogens (tertiary/aromatic N) is 3. The smallest absolute Gasteiger partial charge is 0.251 e. The lowest BCUT2D eigenvalue weighted by atomic mass is 9.95. The monoisotopic (exact) mass is 429 g/mol. The summed E-state index contributed by atoms with van der Waals surface area (Å²) >= 11 is 1.39. The van der Waals surface area contributed by atoms with Gasteiger partial charge < -0.3 is 15.2 Å². The Morgan fingerprint density at radius 2 is 2.00 bits per heavy atom. The minimum absolute atomic E-state index is 0.0416. The largest absolute Gasteiger partial charge is 0.353 e. The van der Waals surface area contributed by atoms with Gasteiger partial charge in [-0.3, -0.25) is 9.59 Å². The van der Waals surface area contributed by atoms with Crippen LogP contribution < -0.4 is 10.6 Å². The number of aryl methyl sites for hydroxylation is 1. The van der Waals surface area contributed by atoms with Crippen LogP contribution in [0.1, 0.15) is 73.7 Å². The quantitative estimate of drug-likeness (QED) is 0.626. The van der Waals surface area contributed by atoms with Gasteiger partial charge >= 0.3 is 0 Å². The van der Waals surface area contributed by atoms with Crippen LogP contribution in [0.25, 0.3) is 0 Å². The second kappa shape index (κ2) is 10.6. The van der Waals surface area contributed by atoms with Gasteiger partial charge in [0, 0.05) is 18.2 Å². The number of thioether (sulfide) groups is 1. The van der Waals surface area contributed by atoms with Gasteiger partial charge in [-0.05, 0) is 45.7 Å². The molecule has 2 amide bonds. The van der Waals surface area contributed by atoms with E-state index in [2.05, 4.69) is 20.8 Å². The zero-order chi connectivity index (χ0) is 21.5. The summed E-state index contributed by atoms with van der Waals surface area (Å²) in [6, 6.07) is 7.50. The van der Waals surface area contributed by atoms with Crippen LogP contribution in [0, 0.1) is 6.92 Å². The van der Waals surface area contributed by atoms with Crippen LogP contribution in [0.15, 0.2) is 29.4 Å². The predicted octanol–water partition coefficient (Wildman–Crippen LogP) is 3.64. The van der Waals surface area contributed by atoms with Crippen molar-refractivity contribution >= 4 is 23.6 Å². The van der Waals surface area contributed by atoms with Crippen molar-refractivity contribution in [3.8, 4) is 0 Å². The second-order valence-corrected chi connectivity index (χ2v) is 8.78. The van der Waals surface area contributed by atoms with Gasteiger partial charge in [-0.1, -0.05) is 48.7 Å². The molecule has 1 heterocycles. The van der Waals surface area contributed by atoms with Gasteiger partial charge in [0.05, 0.1) is 11.8 Å². The summed E-state index contributed by atoms with van der Waals surface area (Å²) in [6.07, 6.45) is 5.80. The van der Waals surface area contributed by atoms with Gasteiger partial charge in [0.15, 0.2) is 11.0 Å². The van der Waals surface area contributed by atoms with E-state index in [1.165, 1.54) is 31.0 Å². The average Bonchev–Trinajstić information content (AvgIpc) is 3.16. The molecule has 0 aliphatic heterocycles. The molecule has 0 spiro atoms. The van der Waals surface area contributed by atoms with Crippen LogP contribution in [-0.4, -0.2) is 38.4 Å². The summed E-state index contributed by atoms with van der Waals surface area (Å²) in [7, 11) is 0. The molecular weight excluding hydrogens is 398 g/mol. The highest BCUT2D eigenvalue weighted by molar-refractivity contribution is 7.99. The molecule has 3 rings (SSSR count). The fourth-order valence-electron chi connectivity index (χ4n) is 3.80. The Balaban J connectivity index is 1.58. The number of amides is 2. The van der Waals surface area contributed by atoms with Crippen LogP contribution in [-0.2, 0) is 11.3 Å². The van der Waals surface area contributed by atoms with E-state index in [9.17, 15) is 9.59 Å². The highest BCUT2D eigenvalue weighted by Crippen LogP contribution is 2.22. The van der Waals surface area contributed by atoms with Gasteiger partial charge in [-0.15, -0.1) is 10.2 Å². The third-order valence-corrected chi connectivity index (χ3v) is 6.35. The van der Waals surface area contributed by atoms with Crippen molar-refractivity contribution in [2.45, 2.75) is 76.7 Å². The summed E-state index contributed by atoms with van der Waals surface area (Å²) in [6.45, 7) is 6.53. The zero-order valence-electron chi connectivity index (χ0n) is 18.0. The van der Waals surface area contributed by atoms with Crippen LogP contribution in [0.4, 0.5) is 0 Å². The minimum Gasteiger partial charge on any atom is -0.353 e. The van der Waals surface area contributed by atoms with E-state index in [4.69, 9.17) is 0 Å². The fraction of sp³-hybridized carbons (Fsp3) is 0.545. The first-order chi connectivity index (χ1) is 14.5. The van der Waals surface area contributed by atoms with Gasteiger partial charge in [0.1, 0.15) is 0 Å². The van der Waals surface area contributed by atoms with Crippen molar-refractivity contribution < 1.29 is 9.59 Å². The maximum atomic E-state index is 12.6. The molecule has 2 aromatic rings. The molecule has 30 heavy (non-hydrogen) atoms. The first-order valence-corrected chi connectivity index (χ1v) is 11.7. The molecule has 0 unspecified atom stereocenters. The van der Waals surface area contributed by atoms with Crippen molar-refractivity contribution in [1.29, 1.82) is 0 Å². The Hall–Kier alpha value is -2.35. The molecule has 1 saturated carbocycles. The average molecular weight is 430 g/mol. The molecule has 1 aliphatic carbocycles. The number of benzene rings is 1. The summed E-state index contributed by atoms with van der Waals surface area (Å²) in [4.78, 5) is 24.9.